The fraction of sp³-hybridized carbons (Fsp3) is 0.857. The molecule has 6 heteroatoms. The molecule has 0 aromatic carbocycles. The minimum Gasteiger partial charge on any atom is -0.481 e. The SMILES string of the molecule is CCC(CCC(C)O)(CNC(=O)OC(C)(C)C)C(=O)O. The van der Waals surface area contributed by atoms with Gasteiger partial charge in [-0.1, -0.05) is 6.92 Å². The highest BCUT2D eigenvalue weighted by atomic mass is 16.6. The van der Waals surface area contributed by atoms with Gasteiger partial charge < -0.3 is 20.3 Å². The number of ether oxygens (including phenoxy) is 1. The molecule has 0 aliphatic carbocycles. The molecule has 1 amide bonds. The van der Waals surface area contributed by atoms with E-state index in [9.17, 15) is 19.8 Å². The van der Waals surface area contributed by atoms with E-state index in [0.29, 0.717) is 19.3 Å². The van der Waals surface area contributed by atoms with Crippen LogP contribution in [0.2, 0.25) is 0 Å². The first-order valence-electron chi connectivity index (χ1n) is 6.91. The second kappa shape index (κ2) is 7.47. The lowest BCUT2D eigenvalue weighted by Gasteiger charge is -2.29. The zero-order valence-electron chi connectivity index (χ0n) is 13.0. The Balaban J connectivity index is 4.66. The molecular weight excluding hydrogens is 262 g/mol. The predicted octanol–water partition coefficient (Wildman–Crippen LogP) is 2.15. The van der Waals surface area contributed by atoms with Gasteiger partial charge in [-0.3, -0.25) is 4.79 Å². The van der Waals surface area contributed by atoms with Crippen LogP contribution in [0.15, 0.2) is 0 Å². The van der Waals surface area contributed by atoms with Gasteiger partial charge in [0, 0.05) is 6.54 Å². The number of aliphatic hydroxyl groups is 1. The summed E-state index contributed by atoms with van der Waals surface area (Å²) in [6.07, 6.45) is -0.164. The van der Waals surface area contributed by atoms with E-state index in [1.165, 1.54) is 0 Å². The summed E-state index contributed by atoms with van der Waals surface area (Å²) in [4.78, 5) is 23.1. The van der Waals surface area contributed by atoms with Crippen LogP contribution in [0.1, 0.15) is 53.9 Å². The van der Waals surface area contributed by atoms with E-state index in [0.717, 1.165) is 0 Å². The van der Waals surface area contributed by atoms with Crippen molar-refractivity contribution in [2.45, 2.75) is 65.6 Å². The molecule has 0 aliphatic heterocycles. The number of nitrogens with one attached hydrogen (secondary N) is 1. The van der Waals surface area contributed by atoms with Crippen LogP contribution in [0.3, 0.4) is 0 Å². The highest BCUT2D eigenvalue weighted by Gasteiger charge is 2.37. The summed E-state index contributed by atoms with van der Waals surface area (Å²) in [5, 5.41) is 21.2. The topological polar surface area (TPSA) is 95.9 Å². The molecule has 0 fully saturated rings. The van der Waals surface area contributed by atoms with Crippen molar-refractivity contribution in [2.75, 3.05) is 6.54 Å². The molecule has 0 heterocycles. The Bertz CT molecular complexity index is 335. The summed E-state index contributed by atoms with van der Waals surface area (Å²) in [6, 6.07) is 0. The third kappa shape index (κ3) is 6.75. The summed E-state index contributed by atoms with van der Waals surface area (Å²) < 4.78 is 5.09. The second-order valence-corrected chi connectivity index (χ2v) is 6.18. The molecule has 2 unspecified atom stereocenters. The van der Waals surface area contributed by atoms with Crippen LogP contribution in [-0.2, 0) is 9.53 Å². The van der Waals surface area contributed by atoms with Crippen LogP contribution >= 0.6 is 0 Å². The van der Waals surface area contributed by atoms with Crippen molar-refractivity contribution in [1.82, 2.24) is 5.32 Å². The van der Waals surface area contributed by atoms with Gasteiger partial charge in [-0.25, -0.2) is 4.79 Å². The molecule has 20 heavy (non-hydrogen) atoms. The fourth-order valence-corrected chi connectivity index (χ4v) is 1.76. The Kier molecular flexibility index (Phi) is 6.99. The number of aliphatic hydroxyl groups excluding tert-OH is 1. The van der Waals surface area contributed by atoms with Gasteiger partial charge in [0.15, 0.2) is 0 Å². The quantitative estimate of drug-likeness (QED) is 0.667. The Morgan fingerprint density at radius 1 is 1.30 bits per heavy atom. The number of hydrogen-bond donors (Lipinski definition) is 3. The van der Waals surface area contributed by atoms with E-state index in [1.54, 1.807) is 34.6 Å². The lowest BCUT2D eigenvalue weighted by molar-refractivity contribution is -0.149. The summed E-state index contributed by atoms with van der Waals surface area (Å²) >= 11 is 0. The Hall–Kier alpha value is -1.30. The standard InChI is InChI=1S/C14H27NO5/c1-6-14(11(17)18,8-7-10(2)16)9-15-12(19)20-13(3,4)5/h10,16H,6-9H2,1-5H3,(H,15,19)(H,17,18). The monoisotopic (exact) mass is 289 g/mol. The van der Waals surface area contributed by atoms with Crippen LogP contribution in [0.5, 0.6) is 0 Å². The maximum Gasteiger partial charge on any atom is 0.407 e. The lowest BCUT2D eigenvalue weighted by atomic mass is 9.80. The van der Waals surface area contributed by atoms with Crippen molar-refractivity contribution >= 4 is 12.1 Å². The summed E-state index contributed by atoms with van der Waals surface area (Å²) in [5.41, 5.74) is -1.70. The van der Waals surface area contributed by atoms with Gasteiger partial charge in [-0.2, -0.15) is 0 Å². The minimum atomic E-state index is -1.08. The third-order valence-corrected chi connectivity index (χ3v) is 3.14. The minimum absolute atomic E-state index is 0.0134. The molecule has 6 nitrogen and oxygen atoms in total. The maximum absolute atomic E-state index is 11.6. The first-order valence-corrected chi connectivity index (χ1v) is 6.91. The average Bonchev–Trinajstić information content (AvgIpc) is 2.26. The molecule has 2 atom stereocenters. The first-order chi connectivity index (χ1) is 9.02. The smallest absolute Gasteiger partial charge is 0.407 e. The van der Waals surface area contributed by atoms with Crippen molar-refractivity contribution < 1.29 is 24.5 Å². The predicted molar refractivity (Wildman–Crippen MR) is 75.5 cm³/mol. The highest BCUT2D eigenvalue weighted by molar-refractivity contribution is 5.76. The number of rotatable bonds is 7. The molecule has 0 aliphatic rings. The van der Waals surface area contributed by atoms with E-state index in [1.807, 2.05) is 0 Å². The Labute approximate surface area is 120 Å². The van der Waals surface area contributed by atoms with Gasteiger partial charge in [0.05, 0.1) is 11.5 Å². The second-order valence-electron chi connectivity index (χ2n) is 6.18. The average molecular weight is 289 g/mol. The van der Waals surface area contributed by atoms with Crippen LogP contribution in [0.4, 0.5) is 4.79 Å². The number of carbonyl (C=O) groups is 2. The van der Waals surface area contributed by atoms with Crippen molar-refractivity contribution in [2.24, 2.45) is 5.41 Å². The molecular formula is C14H27NO5. The van der Waals surface area contributed by atoms with Gasteiger partial charge in [-0.15, -0.1) is 0 Å². The molecule has 0 aromatic rings. The zero-order valence-corrected chi connectivity index (χ0v) is 13.0. The Morgan fingerprint density at radius 3 is 2.20 bits per heavy atom. The lowest BCUT2D eigenvalue weighted by Crippen LogP contribution is -2.44. The van der Waals surface area contributed by atoms with Crippen molar-refractivity contribution in [1.29, 1.82) is 0 Å². The summed E-state index contributed by atoms with van der Waals surface area (Å²) in [7, 11) is 0. The van der Waals surface area contributed by atoms with Crippen LogP contribution in [-0.4, -0.2) is 40.5 Å². The highest BCUT2D eigenvalue weighted by Crippen LogP contribution is 2.28. The van der Waals surface area contributed by atoms with Crippen LogP contribution < -0.4 is 5.32 Å². The molecule has 3 N–H and O–H groups in total. The maximum atomic E-state index is 11.6. The molecule has 0 saturated carbocycles. The molecule has 0 spiro atoms. The normalized spacial score (nSPS) is 16.1. The van der Waals surface area contributed by atoms with Gasteiger partial charge in [0.25, 0.3) is 0 Å². The van der Waals surface area contributed by atoms with Gasteiger partial charge in [0.1, 0.15) is 5.60 Å². The first kappa shape index (κ1) is 18.7. The van der Waals surface area contributed by atoms with E-state index in [-0.39, 0.29) is 6.54 Å². The molecule has 0 radical (unpaired) electrons. The van der Waals surface area contributed by atoms with Crippen molar-refractivity contribution in [3.05, 3.63) is 0 Å². The van der Waals surface area contributed by atoms with E-state index in [4.69, 9.17) is 4.74 Å². The van der Waals surface area contributed by atoms with Crippen LogP contribution in [0.25, 0.3) is 0 Å². The number of amides is 1. The number of alkyl carbamates (subject to hydrolysis) is 1. The number of hydrogen-bond acceptors (Lipinski definition) is 4. The van der Waals surface area contributed by atoms with Gasteiger partial charge in [-0.05, 0) is 47.0 Å². The summed E-state index contributed by atoms with van der Waals surface area (Å²) in [5.74, 6) is -0.975. The molecule has 0 saturated heterocycles. The van der Waals surface area contributed by atoms with Crippen molar-refractivity contribution in [3.63, 3.8) is 0 Å². The van der Waals surface area contributed by atoms with E-state index >= 15 is 0 Å². The van der Waals surface area contributed by atoms with E-state index < -0.39 is 29.2 Å². The molecule has 118 valence electrons. The number of carbonyl (C=O) groups excluding carboxylic acids is 1. The molecule has 0 bridgehead atoms. The number of carboxylic acids is 1. The Morgan fingerprint density at radius 2 is 1.85 bits per heavy atom. The largest absolute Gasteiger partial charge is 0.481 e. The van der Waals surface area contributed by atoms with Crippen LogP contribution in [0, 0.1) is 5.41 Å². The van der Waals surface area contributed by atoms with E-state index in [2.05, 4.69) is 5.32 Å². The number of carboxylic acid groups (broad SMARTS) is 1. The fourth-order valence-electron chi connectivity index (χ4n) is 1.76. The van der Waals surface area contributed by atoms with Gasteiger partial charge >= 0.3 is 12.1 Å². The molecule has 0 rings (SSSR count). The number of aliphatic carboxylic acids is 1. The van der Waals surface area contributed by atoms with Crippen molar-refractivity contribution in [3.8, 4) is 0 Å². The molecule has 0 aromatic heterocycles. The third-order valence-electron chi connectivity index (χ3n) is 3.14. The van der Waals surface area contributed by atoms with Gasteiger partial charge in [0.2, 0.25) is 0 Å². The zero-order chi connectivity index (χ0) is 16.0. The summed E-state index contributed by atoms with van der Waals surface area (Å²) in [6.45, 7) is 8.58.